The number of anilines is 1. The summed E-state index contributed by atoms with van der Waals surface area (Å²) in [5.41, 5.74) is 1.11. The largest absolute Gasteiger partial charge is 0.376 e. The standard InChI is InChI=1S/C19H26N2O3/c22-18(14-7-2-1-3-8-14)21-17-11-5-4-10-16(17)19(23)20-13-15-9-6-12-24-15/h4-5,10-11,14-15H,1-3,6-9,12-13H2,(H,20,23)(H,21,22)/t15-/m1/s1. The lowest BCUT2D eigenvalue weighted by molar-refractivity contribution is -0.120. The number of amides is 2. The van der Waals surface area contributed by atoms with Crippen molar-refractivity contribution in [3.05, 3.63) is 29.8 Å². The first kappa shape index (κ1) is 17.0. The molecule has 24 heavy (non-hydrogen) atoms. The van der Waals surface area contributed by atoms with Gasteiger partial charge in [0.2, 0.25) is 5.91 Å². The first-order valence-corrected chi connectivity index (χ1v) is 9.04. The van der Waals surface area contributed by atoms with Crippen LogP contribution in [0.15, 0.2) is 24.3 Å². The van der Waals surface area contributed by atoms with Gasteiger partial charge in [-0.15, -0.1) is 0 Å². The van der Waals surface area contributed by atoms with E-state index in [1.165, 1.54) is 6.42 Å². The van der Waals surface area contributed by atoms with Crippen LogP contribution in [-0.2, 0) is 9.53 Å². The summed E-state index contributed by atoms with van der Waals surface area (Å²) in [6, 6.07) is 7.20. The zero-order valence-electron chi connectivity index (χ0n) is 14.1. The lowest BCUT2D eigenvalue weighted by atomic mass is 9.88. The van der Waals surface area contributed by atoms with Gasteiger partial charge >= 0.3 is 0 Å². The molecule has 1 saturated carbocycles. The van der Waals surface area contributed by atoms with Crippen LogP contribution in [-0.4, -0.2) is 31.1 Å². The smallest absolute Gasteiger partial charge is 0.253 e. The summed E-state index contributed by atoms with van der Waals surface area (Å²) >= 11 is 0. The number of hydrogen-bond donors (Lipinski definition) is 2. The van der Waals surface area contributed by atoms with Crippen molar-refractivity contribution in [2.75, 3.05) is 18.5 Å². The minimum atomic E-state index is -0.162. The van der Waals surface area contributed by atoms with Gasteiger partial charge in [0, 0.05) is 19.1 Å². The number of benzene rings is 1. The van der Waals surface area contributed by atoms with Crippen molar-refractivity contribution in [2.24, 2.45) is 5.92 Å². The van der Waals surface area contributed by atoms with Crippen molar-refractivity contribution in [1.29, 1.82) is 0 Å². The van der Waals surface area contributed by atoms with E-state index in [1.807, 2.05) is 12.1 Å². The third-order valence-corrected chi connectivity index (χ3v) is 4.92. The van der Waals surface area contributed by atoms with Gasteiger partial charge in [-0.05, 0) is 37.8 Å². The number of ether oxygens (including phenoxy) is 1. The molecule has 3 rings (SSSR count). The highest BCUT2D eigenvalue weighted by Gasteiger charge is 2.23. The van der Waals surface area contributed by atoms with Gasteiger partial charge in [-0.3, -0.25) is 9.59 Å². The highest BCUT2D eigenvalue weighted by Crippen LogP contribution is 2.25. The van der Waals surface area contributed by atoms with Gasteiger partial charge in [0.15, 0.2) is 0 Å². The molecule has 130 valence electrons. The van der Waals surface area contributed by atoms with Crippen LogP contribution in [0.2, 0.25) is 0 Å². The Hall–Kier alpha value is -1.88. The summed E-state index contributed by atoms with van der Waals surface area (Å²) in [7, 11) is 0. The molecule has 5 heteroatoms. The van der Waals surface area contributed by atoms with Crippen molar-refractivity contribution in [1.82, 2.24) is 5.32 Å². The molecule has 1 aromatic carbocycles. The van der Waals surface area contributed by atoms with Gasteiger partial charge in [-0.25, -0.2) is 0 Å². The van der Waals surface area contributed by atoms with E-state index in [4.69, 9.17) is 4.74 Å². The summed E-state index contributed by atoms with van der Waals surface area (Å²) < 4.78 is 5.53. The predicted octanol–water partition coefficient (Wildman–Crippen LogP) is 3.11. The Morgan fingerprint density at radius 1 is 1.04 bits per heavy atom. The lowest BCUT2D eigenvalue weighted by Gasteiger charge is -2.21. The van der Waals surface area contributed by atoms with Crippen LogP contribution in [0.4, 0.5) is 5.69 Å². The van der Waals surface area contributed by atoms with Crippen LogP contribution in [0.25, 0.3) is 0 Å². The number of para-hydroxylation sites is 1. The quantitative estimate of drug-likeness (QED) is 0.872. The predicted molar refractivity (Wildman–Crippen MR) is 93.0 cm³/mol. The van der Waals surface area contributed by atoms with Crippen LogP contribution in [0.5, 0.6) is 0 Å². The Morgan fingerprint density at radius 3 is 2.58 bits per heavy atom. The molecule has 1 atom stereocenters. The topological polar surface area (TPSA) is 67.4 Å². The van der Waals surface area contributed by atoms with Crippen molar-refractivity contribution in [3.8, 4) is 0 Å². The van der Waals surface area contributed by atoms with Crippen LogP contribution in [0.1, 0.15) is 55.3 Å². The molecule has 0 bridgehead atoms. The Morgan fingerprint density at radius 2 is 1.83 bits per heavy atom. The minimum Gasteiger partial charge on any atom is -0.376 e. The van der Waals surface area contributed by atoms with Crippen molar-refractivity contribution in [2.45, 2.75) is 51.0 Å². The Labute approximate surface area is 143 Å². The summed E-state index contributed by atoms with van der Waals surface area (Å²) in [5, 5.41) is 5.88. The monoisotopic (exact) mass is 330 g/mol. The summed E-state index contributed by atoms with van der Waals surface area (Å²) in [6.45, 7) is 1.29. The normalized spacial score (nSPS) is 21.4. The van der Waals surface area contributed by atoms with Crippen molar-refractivity contribution < 1.29 is 14.3 Å². The fraction of sp³-hybridized carbons (Fsp3) is 0.579. The molecule has 2 fully saturated rings. The number of hydrogen-bond acceptors (Lipinski definition) is 3. The van der Waals surface area contributed by atoms with E-state index in [0.717, 1.165) is 45.1 Å². The van der Waals surface area contributed by atoms with E-state index in [9.17, 15) is 9.59 Å². The Balaban J connectivity index is 1.61. The van der Waals surface area contributed by atoms with Crippen LogP contribution < -0.4 is 10.6 Å². The molecule has 1 heterocycles. The number of carbonyl (C=O) groups excluding carboxylic acids is 2. The van der Waals surface area contributed by atoms with Gasteiger partial charge in [0.1, 0.15) is 0 Å². The average Bonchev–Trinajstić information content (AvgIpc) is 3.14. The second kappa shape index (κ2) is 8.29. The summed E-state index contributed by atoms with van der Waals surface area (Å²) in [6.07, 6.45) is 7.47. The van der Waals surface area contributed by atoms with Crippen LogP contribution >= 0.6 is 0 Å². The third-order valence-electron chi connectivity index (χ3n) is 4.92. The molecule has 0 spiro atoms. The summed E-state index contributed by atoms with van der Waals surface area (Å²) in [5.74, 6) is -0.0547. The molecule has 1 aromatic rings. The number of carbonyl (C=O) groups is 2. The average molecular weight is 330 g/mol. The van der Waals surface area contributed by atoms with Gasteiger partial charge in [-0.2, -0.15) is 0 Å². The van der Waals surface area contributed by atoms with Crippen LogP contribution in [0, 0.1) is 5.92 Å². The molecular weight excluding hydrogens is 304 g/mol. The molecule has 1 aliphatic carbocycles. The number of rotatable bonds is 5. The molecule has 1 aliphatic heterocycles. The fourth-order valence-electron chi connectivity index (χ4n) is 3.50. The molecule has 5 nitrogen and oxygen atoms in total. The molecule has 2 amide bonds. The highest BCUT2D eigenvalue weighted by atomic mass is 16.5. The van der Waals surface area contributed by atoms with Gasteiger partial charge in [0.05, 0.1) is 17.4 Å². The fourth-order valence-corrected chi connectivity index (χ4v) is 3.50. The van der Waals surface area contributed by atoms with E-state index in [0.29, 0.717) is 17.8 Å². The first-order valence-electron chi connectivity index (χ1n) is 9.04. The van der Waals surface area contributed by atoms with E-state index < -0.39 is 0 Å². The van der Waals surface area contributed by atoms with E-state index >= 15 is 0 Å². The van der Waals surface area contributed by atoms with Gasteiger partial charge < -0.3 is 15.4 Å². The molecule has 2 N–H and O–H groups in total. The van der Waals surface area contributed by atoms with Gasteiger partial charge in [0.25, 0.3) is 5.91 Å². The second-order valence-corrected chi connectivity index (χ2v) is 6.71. The van der Waals surface area contributed by atoms with Crippen LogP contribution in [0.3, 0.4) is 0 Å². The highest BCUT2D eigenvalue weighted by molar-refractivity contribution is 6.04. The van der Waals surface area contributed by atoms with Gasteiger partial charge in [-0.1, -0.05) is 31.4 Å². The number of nitrogens with one attached hydrogen (secondary N) is 2. The zero-order chi connectivity index (χ0) is 16.8. The maximum Gasteiger partial charge on any atom is 0.253 e. The van der Waals surface area contributed by atoms with Crippen molar-refractivity contribution in [3.63, 3.8) is 0 Å². The molecule has 1 saturated heterocycles. The molecular formula is C19H26N2O3. The minimum absolute atomic E-state index is 0.0362. The van der Waals surface area contributed by atoms with Crippen molar-refractivity contribution >= 4 is 17.5 Å². The Kier molecular flexibility index (Phi) is 5.86. The Bertz CT molecular complexity index is 576. The maximum absolute atomic E-state index is 12.5. The molecule has 0 aromatic heterocycles. The van der Waals surface area contributed by atoms with E-state index in [-0.39, 0.29) is 23.8 Å². The van der Waals surface area contributed by atoms with E-state index in [2.05, 4.69) is 10.6 Å². The molecule has 0 radical (unpaired) electrons. The first-order chi connectivity index (χ1) is 11.7. The summed E-state index contributed by atoms with van der Waals surface area (Å²) in [4.78, 5) is 24.9. The zero-order valence-corrected chi connectivity index (χ0v) is 14.1. The maximum atomic E-state index is 12.5. The third kappa shape index (κ3) is 4.35. The second-order valence-electron chi connectivity index (χ2n) is 6.71. The van der Waals surface area contributed by atoms with E-state index in [1.54, 1.807) is 12.1 Å². The SMILES string of the molecule is O=C(NC[C@H]1CCCO1)c1ccccc1NC(=O)C1CCCCC1. The molecule has 0 unspecified atom stereocenters. The lowest BCUT2D eigenvalue weighted by Crippen LogP contribution is -2.33. The molecule has 2 aliphatic rings.